The molecule has 35 heavy (non-hydrogen) atoms. The van der Waals surface area contributed by atoms with E-state index in [1.165, 1.54) is 0 Å². The molecule has 8 nitrogen and oxygen atoms in total. The molecule has 192 valence electrons. The molecule has 2 aromatic rings. The van der Waals surface area contributed by atoms with Gasteiger partial charge in [0.25, 0.3) is 0 Å². The Kier molecular flexibility index (Phi) is 10.7. The second-order valence-electron chi connectivity index (χ2n) is 8.90. The first-order valence-corrected chi connectivity index (χ1v) is 12.2. The second-order valence-corrected chi connectivity index (χ2v) is 8.90. The van der Waals surface area contributed by atoms with Crippen LogP contribution in [-0.2, 0) is 22.4 Å². The van der Waals surface area contributed by atoms with E-state index in [1.807, 2.05) is 18.2 Å². The first-order chi connectivity index (χ1) is 17.0. The third kappa shape index (κ3) is 8.72. The van der Waals surface area contributed by atoms with E-state index in [1.54, 1.807) is 38.5 Å². The second kappa shape index (κ2) is 13.9. The number of amides is 1. The Bertz CT molecular complexity index is 920. The molecule has 8 heteroatoms. The fourth-order valence-corrected chi connectivity index (χ4v) is 4.34. The first-order valence-electron chi connectivity index (χ1n) is 12.2. The van der Waals surface area contributed by atoms with Gasteiger partial charge in [-0.3, -0.25) is 4.79 Å². The molecule has 1 aliphatic carbocycles. The van der Waals surface area contributed by atoms with Gasteiger partial charge in [0.2, 0.25) is 5.91 Å². The summed E-state index contributed by atoms with van der Waals surface area (Å²) in [7, 11) is 3.27. The first kappa shape index (κ1) is 26.8. The van der Waals surface area contributed by atoms with Crippen LogP contribution in [0.3, 0.4) is 0 Å². The number of aliphatic hydroxyl groups is 1. The molecule has 0 aromatic heterocycles. The van der Waals surface area contributed by atoms with E-state index in [4.69, 9.17) is 24.7 Å². The Balaban J connectivity index is 1.40. The number of methoxy groups -OCH3 is 2. The molecule has 1 aliphatic rings. The van der Waals surface area contributed by atoms with Gasteiger partial charge in [-0.25, -0.2) is 0 Å². The summed E-state index contributed by atoms with van der Waals surface area (Å²) >= 11 is 0. The molecule has 4 N–H and O–H groups in total. The number of benzene rings is 2. The third-order valence-electron chi connectivity index (χ3n) is 6.23. The van der Waals surface area contributed by atoms with E-state index < -0.39 is 6.10 Å². The van der Waals surface area contributed by atoms with Crippen molar-refractivity contribution in [2.24, 2.45) is 5.73 Å². The van der Waals surface area contributed by atoms with E-state index in [9.17, 15) is 9.90 Å². The zero-order valence-corrected chi connectivity index (χ0v) is 20.7. The van der Waals surface area contributed by atoms with Gasteiger partial charge in [-0.2, -0.15) is 0 Å². The van der Waals surface area contributed by atoms with Crippen LogP contribution in [-0.4, -0.2) is 63.2 Å². The van der Waals surface area contributed by atoms with E-state index >= 15 is 0 Å². The van der Waals surface area contributed by atoms with E-state index in [-0.39, 0.29) is 31.1 Å². The average Bonchev–Trinajstić information content (AvgIpc) is 2.87. The largest absolute Gasteiger partial charge is 0.493 e. The van der Waals surface area contributed by atoms with Gasteiger partial charge < -0.3 is 35.1 Å². The summed E-state index contributed by atoms with van der Waals surface area (Å²) in [5, 5.41) is 13.9. The zero-order valence-electron chi connectivity index (χ0n) is 20.7. The predicted octanol–water partition coefficient (Wildman–Crippen LogP) is 2.63. The topological polar surface area (TPSA) is 112 Å². The lowest BCUT2D eigenvalue weighted by molar-refractivity contribution is -0.117. The predicted molar refractivity (Wildman–Crippen MR) is 134 cm³/mol. The Morgan fingerprint density at radius 2 is 1.77 bits per heavy atom. The average molecular weight is 487 g/mol. The fourth-order valence-electron chi connectivity index (χ4n) is 4.34. The Labute approximate surface area is 207 Å². The van der Waals surface area contributed by atoms with Crippen LogP contribution in [0, 0.1) is 0 Å². The molecule has 1 saturated carbocycles. The number of ether oxygens (including phenoxy) is 4. The Morgan fingerprint density at radius 3 is 2.49 bits per heavy atom. The highest BCUT2D eigenvalue weighted by Crippen LogP contribution is 2.28. The number of nitrogens with two attached hydrogens (primary N) is 1. The smallest absolute Gasteiger partial charge is 0.221 e. The molecule has 3 atom stereocenters. The summed E-state index contributed by atoms with van der Waals surface area (Å²) in [6.07, 6.45) is 4.80. The maximum Gasteiger partial charge on any atom is 0.221 e. The molecule has 1 fully saturated rings. The minimum Gasteiger partial charge on any atom is -0.493 e. The van der Waals surface area contributed by atoms with E-state index in [0.29, 0.717) is 18.9 Å². The lowest BCUT2D eigenvalue weighted by Gasteiger charge is -2.33. The molecule has 3 rings (SSSR count). The van der Waals surface area contributed by atoms with Crippen molar-refractivity contribution in [3.63, 3.8) is 0 Å². The highest BCUT2D eigenvalue weighted by molar-refractivity contribution is 5.76. The summed E-state index contributed by atoms with van der Waals surface area (Å²) in [5.41, 5.74) is 7.18. The van der Waals surface area contributed by atoms with Crippen LogP contribution in [0.5, 0.6) is 17.2 Å². The van der Waals surface area contributed by atoms with Crippen LogP contribution >= 0.6 is 0 Å². The maximum absolute atomic E-state index is 11.0. The number of hydrogen-bond donors (Lipinski definition) is 3. The number of carbonyl (C=O) groups excluding carboxylic acids is 1. The lowest BCUT2D eigenvalue weighted by Crippen LogP contribution is -2.47. The minimum atomic E-state index is -0.644. The van der Waals surface area contributed by atoms with Gasteiger partial charge >= 0.3 is 0 Å². The number of nitrogens with one attached hydrogen (secondary N) is 1. The molecule has 1 unspecified atom stereocenters. The Hall–Kier alpha value is -2.81. The highest BCUT2D eigenvalue weighted by atomic mass is 16.5. The quantitative estimate of drug-likeness (QED) is 0.376. The van der Waals surface area contributed by atoms with E-state index in [0.717, 1.165) is 54.7 Å². The van der Waals surface area contributed by atoms with Crippen molar-refractivity contribution in [2.45, 2.75) is 56.8 Å². The number of hydrogen-bond acceptors (Lipinski definition) is 7. The van der Waals surface area contributed by atoms with Crippen molar-refractivity contribution < 1.29 is 28.8 Å². The lowest BCUT2D eigenvalue weighted by atomic mass is 9.92. The summed E-state index contributed by atoms with van der Waals surface area (Å²) in [5.74, 6) is 1.72. The molecule has 0 aliphatic heterocycles. The van der Waals surface area contributed by atoms with Crippen LogP contribution in [0.15, 0.2) is 42.5 Å². The van der Waals surface area contributed by atoms with Crippen LogP contribution in [0.2, 0.25) is 0 Å². The van der Waals surface area contributed by atoms with Gasteiger partial charge in [0.1, 0.15) is 18.5 Å². The fraction of sp³-hybridized carbons (Fsp3) is 0.519. The van der Waals surface area contributed by atoms with Gasteiger partial charge in [0.05, 0.1) is 33.4 Å². The van der Waals surface area contributed by atoms with Crippen LogP contribution in [0.4, 0.5) is 0 Å². The summed E-state index contributed by atoms with van der Waals surface area (Å²) in [6, 6.07) is 13.3. The molecule has 1 amide bonds. The summed E-state index contributed by atoms with van der Waals surface area (Å²) in [6.45, 7) is 1.23. The number of carbonyl (C=O) groups is 1. The van der Waals surface area contributed by atoms with Crippen molar-refractivity contribution in [1.82, 2.24) is 5.32 Å². The number of primary amides is 1. The van der Waals surface area contributed by atoms with Crippen molar-refractivity contribution in [3.05, 3.63) is 53.6 Å². The molecule has 2 aromatic carbocycles. The van der Waals surface area contributed by atoms with Gasteiger partial charge in [0, 0.05) is 12.6 Å². The highest BCUT2D eigenvalue weighted by Gasteiger charge is 2.26. The molecule has 0 bridgehead atoms. The van der Waals surface area contributed by atoms with Gasteiger partial charge in [0.15, 0.2) is 11.5 Å². The molecular weight excluding hydrogens is 448 g/mol. The van der Waals surface area contributed by atoms with Crippen LogP contribution in [0.1, 0.15) is 36.8 Å². The number of aliphatic hydroxyl groups excluding tert-OH is 1. The normalized spacial score (nSPS) is 18.6. The van der Waals surface area contributed by atoms with Crippen LogP contribution < -0.4 is 25.3 Å². The number of rotatable bonds is 14. The van der Waals surface area contributed by atoms with Crippen molar-refractivity contribution in [3.8, 4) is 17.2 Å². The molecule has 0 heterocycles. The Morgan fingerprint density at radius 1 is 1.06 bits per heavy atom. The summed E-state index contributed by atoms with van der Waals surface area (Å²) in [4.78, 5) is 11.0. The van der Waals surface area contributed by atoms with Crippen molar-refractivity contribution in [2.75, 3.05) is 34.0 Å². The molecule has 0 radical (unpaired) electrons. The minimum absolute atomic E-state index is 0.120. The maximum atomic E-state index is 11.0. The summed E-state index contributed by atoms with van der Waals surface area (Å²) < 4.78 is 22.6. The molecule has 0 saturated heterocycles. The van der Waals surface area contributed by atoms with Crippen molar-refractivity contribution >= 4 is 5.91 Å². The third-order valence-corrected chi connectivity index (χ3v) is 6.23. The van der Waals surface area contributed by atoms with Gasteiger partial charge in [-0.05, 0) is 54.7 Å². The molecule has 0 spiro atoms. The standard InChI is InChI=1S/C27H38N2O6/c1-32-25-12-9-20(15-26(25)33-2)13-14-34-24-6-4-3-5-23(24)29-17-21(30)18-35-22-10-7-19(8-11-22)16-27(28)31/h7-12,15,21,23-24,29-30H,3-6,13-14,16-18H2,1-2H3,(H2,28,31)/t21?,23-,24+/m1/s1. The SMILES string of the molecule is COc1ccc(CCO[C@H]2CCCC[C@H]2NCC(O)COc2ccc(CC(N)=O)cc2)cc1OC. The van der Waals surface area contributed by atoms with Gasteiger partial charge in [-0.15, -0.1) is 0 Å². The van der Waals surface area contributed by atoms with Crippen LogP contribution in [0.25, 0.3) is 0 Å². The molecular formula is C27H38N2O6. The van der Waals surface area contributed by atoms with E-state index in [2.05, 4.69) is 5.32 Å². The van der Waals surface area contributed by atoms with Gasteiger partial charge in [-0.1, -0.05) is 31.0 Å². The zero-order chi connectivity index (χ0) is 25.0. The van der Waals surface area contributed by atoms with Crippen molar-refractivity contribution in [1.29, 1.82) is 0 Å². The monoisotopic (exact) mass is 486 g/mol.